The molecule has 0 aliphatic rings. The second kappa shape index (κ2) is 9.06. The first-order chi connectivity index (χ1) is 13.5. The van der Waals surface area contributed by atoms with Crippen LogP contribution in [0.2, 0.25) is 10.0 Å². The second-order valence-corrected chi connectivity index (χ2v) is 7.04. The summed E-state index contributed by atoms with van der Waals surface area (Å²) < 4.78 is 6.88. The van der Waals surface area contributed by atoms with E-state index >= 15 is 0 Å². The van der Waals surface area contributed by atoms with Crippen molar-refractivity contribution in [2.24, 2.45) is 0 Å². The van der Waals surface area contributed by atoms with Crippen LogP contribution >= 0.6 is 35.4 Å². The largest absolute Gasteiger partial charge is 0.502 e. The molecule has 0 unspecified atom stereocenters. The number of aliphatic hydroxyl groups excluding tert-OH is 1. The molecule has 3 rings (SSSR count). The van der Waals surface area contributed by atoms with Crippen LogP contribution in [0.3, 0.4) is 0 Å². The van der Waals surface area contributed by atoms with Crippen molar-refractivity contribution in [1.29, 1.82) is 0 Å². The van der Waals surface area contributed by atoms with E-state index in [0.29, 0.717) is 26.3 Å². The van der Waals surface area contributed by atoms with Crippen LogP contribution in [0, 0.1) is 0 Å². The fourth-order valence-corrected chi connectivity index (χ4v) is 3.27. The van der Waals surface area contributed by atoms with E-state index in [-0.39, 0.29) is 5.76 Å². The van der Waals surface area contributed by atoms with Crippen LogP contribution < -0.4 is 14.6 Å². The van der Waals surface area contributed by atoms with Crippen molar-refractivity contribution in [2.75, 3.05) is 12.4 Å². The lowest BCUT2D eigenvalue weighted by Crippen LogP contribution is -2.38. The lowest BCUT2D eigenvalue weighted by molar-refractivity contribution is -0.575. The van der Waals surface area contributed by atoms with Crippen LogP contribution in [-0.4, -0.2) is 17.2 Å². The zero-order chi connectivity index (χ0) is 20.1. The van der Waals surface area contributed by atoms with Gasteiger partial charge in [-0.05, 0) is 42.5 Å². The maximum Gasteiger partial charge on any atom is 0.288 e. The number of hydrogen-bond acceptors (Lipinski definition) is 3. The Bertz CT molecular complexity index is 1020. The van der Waals surface area contributed by atoms with Gasteiger partial charge in [-0.15, -0.1) is 0 Å². The SMILES string of the molecule is COc1ccc(NC(=S)/C(=C(/O)c2cc(Cl)ccc2Cl)[n+]2ccccc2)cc1. The standard InChI is InChI=1S/C21H16Cl2N2O2S/c1-27-16-8-6-15(7-9-16)24-21(28)19(25-11-3-2-4-12-25)20(26)17-13-14(22)5-10-18(17)23/h2-13H,1H3,(H-,24,26,28)/p+1. The van der Waals surface area contributed by atoms with E-state index in [1.165, 1.54) is 0 Å². The smallest absolute Gasteiger partial charge is 0.288 e. The summed E-state index contributed by atoms with van der Waals surface area (Å²) in [5.74, 6) is 0.646. The van der Waals surface area contributed by atoms with E-state index in [4.69, 9.17) is 40.2 Å². The zero-order valence-electron chi connectivity index (χ0n) is 14.9. The van der Waals surface area contributed by atoms with Gasteiger partial charge in [0.05, 0.1) is 12.1 Å². The Balaban J connectivity index is 2.06. The van der Waals surface area contributed by atoms with E-state index in [1.807, 2.05) is 42.5 Å². The Morgan fingerprint density at radius 1 is 1.04 bits per heavy atom. The van der Waals surface area contributed by atoms with Crippen molar-refractivity contribution in [3.8, 4) is 5.75 Å². The second-order valence-electron chi connectivity index (χ2n) is 5.79. The highest BCUT2D eigenvalue weighted by Crippen LogP contribution is 2.28. The van der Waals surface area contributed by atoms with Crippen molar-refractivity contribution in [1.82, 2.24) is 0 Å². The summed E-state index contributed by atoms with van der Waals surface area (Å²) >= 11 is 18.0. The Kier molecular flexibility index (Phi) is 6.52. The number of aromatic nitrogens is 1. The summed E-state index contributed by atoms with van der Waals surface area (Å²) in [5, 5.41) is 15.0. The fourth-order valence-electron chi connectivity index (χ4n) is 2.57. The Morgan fingerprint density at radius 3 is 2.36 bits per heavy atom. The van der Waals surface area contributed by atoms with Gasteiger partial charge < -0.3 is 15.2 Å². The molecule has 0 amide bonds. The first kappa shape index (κ1) is 20.1. The van der Waals surface area contributed by atoms with Gasteiger partial charge in [-0.1, -0.05) is 41.5 Å². The molecular formula is C21H17Cl2N2O2S+. The molecule has 0 radical (unpaired) electrons. The fraction of sp³-hybridized carbons (Fsp3) is 0.0476. The molecule has 0 aliphatic carbocycles. The number of rotatable bonds is 5. The molecule has 0 bridgehead atoms. The van der Waals surface area contributed by atoms with Crippen LogP contribution in [-0.2, 0) is 0 Å². The minimum Gasteiger partial charge on any atom is -0.502 e. The van der Waals surface area contributed by atoms with E-state index in [2.05, 4.69) is 5.32 Å². The van der Waals surface area contributed by atoms with Gasteiger partial charge in [0.1, 0.15) is 5.75 Å². The highest BCUT2D eigenvalue weighted by molar-refractivity contribution is 7.81. The van der Waals surface area contributed by atoms with Gasteiger partial charge in [0.2, 0.25) is 5.76 Å². The maximum atomic E-state index is 11.0. The topological polar surface area (TPSA) is 45.4 Å². The van der Waals surface area contributed by atoms with E-state index < -0.39 is 0 Å². The molecule has 0 saturated heterocycles. The van der Waals surface area contributed by atoms with Crippen molar-refractivity contribution >= 4 is 57.6 Å². The van der Waals surface area contributed by atoms with Gasteiger partial charge in [-0.3, -0.25) is 0 Å². The molecule has 2 aromatic carbocycles. The van der Waals surface area contributed by atoms with E-state index in [9.17, 15) is 5.11 Å². The van der Waals surface area contributed by atoms with Crippen LogP contribution in [0.25, 0.3) is 11.5 Å². The van der Waals surface area contributed by atoms with Crippen molar-refractivity contribution in [3.05, 3.63) is 88.7 Å². The number of methoxy groups -OCH3 is 1. The summed E-state index contributed by atoms with van der Waals surface area (Å²) in [6.45, 7) is 0. The molecular weight excluding hydrogens is 415 g/mol. The van der Waals surface area contributed by atoms with Gasteiger partial charge in [0.15, 0.2) is 17.4 Å². The highest BCUT2D eigenvalue weighted by Gasteiger charge is 2.25. The summed E-state index contributed by atoms with van der Waals surface area (Å²) in [6.07, 6.45) is 3.57. The summed E-state index contributed by atoms with van der Waals surface area (Å²) in [7, 11) is 1.60. The molecule has 0 aliphatic heterocycles. The van der Waals surface area contributed by atoms with Crippen molar-refractivity contribution < 1.29 is 14.4 Å². The van der Waals surface area contributed by atoms with Gasteiger partial charge in [-0.25, -0.2) is 0 Å². The molecule has 0 saturated carbocycles. The summed E-state index contributed by atoms with van der Waals surface area (Å²) in [5.41, 5.74) is 1.51. The highest BCUT2D eigenvalue weighted by atomic mass is 35.5. The average Bonchev–Trinajstić information content (AvgIpc) is 2.71. The number of nitrogens with zero attached hydrogens (tertiary/aromatic N) is 1. The maximum absolute atomic E-state index is 11.0. The van der Waals surface area contributed by atoms with Crippen LogP contribution in [0.15, 0.2) is 73.1 Å². The zero-order valence-corrected chi connectivity index (χ0v) is 17.2. The minimum absolute atomic E-state index is 0.0882. The molecule has 1 heterocycles. The quantitative estimate of drug-likeness (QED) is 0.238. The molecule has 3 aromatic rings. The molecule has 4 nitrogen and oxygen atoms in total. The average molecular weight is 432 g/mol. The van der Waals surface area contributed by atoms with Gasteiger partial charge in [-0.2, -0.15) is 4.57 Å². The number of benzene rings is 2. The first-order valence-corrected chi connectivity index (χ1v) is 9.46. The first-order valence-electron chi connectivity index (χ1n) is 8.30. The van der Waals surface area contributed by atoms with Crippen LogP contribution in [0.5, 0.6) is 5.75 Å². The third-order valence-corrected chi connectivity index (χ3v) is 4.80. The van der Waals surface area contributed by atoms with Gasteiger partial charge in [0.25, 0.3) is 5.70 Å². The van der Waals surface area contributed by atoms with Crippen LogP contribution in [0.1, 0.15) is 5.56 Å². The number of thiocarbonyl (C=S) groups is 1. The normalized spacial score (nSPS) is 11.5. The van der Waals surface area contributed by atoms with E-state index in [0.717, 1.165) is 11.4 Å². The Labute approximate surface area is 178 Å². The number of aliphatic hydroxyl groups is 1. The number of ether oxygens (including phenoxy) is 1. The van der Waals surface area contributed by atoms with Crippen LogP contribution in [0.4, 0.5) is 5.69 Å². The summed E-state index contributed by atoms with van der Waals surface area (Å²) in [4.78, 5) is 0.315. The molecule has 28 heavy (non-hydrogen) atoms. The number of halogens is 2. The van der Waals surface area contributed by atoms with Gasteiger partial charge >= 0.3 is 0 Å². The predicted octanol–water partition coefficient (Wildman–Crippen LogP) is 5.61. The molecule has 1 aromatic heterocycles. The van der Waals surface area contributed by atoms with Gasteiger partial charge in [0, 0.05) is 28.4 Å². The van der Waals surface area contributed by atoms with Crippen molar-refractivity contribution in [3.63, 3.8) is 0 Å². The molecule has 0 spiro atoms. The lowest BCUT2D eigenvalue weighted by Gasteiger charge is -2.11. The molecule has 2 N–H and O–H groups in total. The van der Waals surface area contributed by atoms with Crippen molar-refractivity contribution in [2.45, 2.75) is 0 Å². The number of nitrogens with one attached hydrogen (secondary N) is 1. The third kappa shape index (κ3) is 4.62. The monoisotopic (exact) mass is 431 g/mol. The number of anilines is 1. The van der Waals surface area contributed by atoms with E-state index in [1.54, 1.807) is 42.3 Å². The number of pyridine rings is 1. The molecule has 0 atom stereocenters. The lowest BCUT2D eigenvalue weighted by atomic mass is 10.1. The Hall–Kier alpha value is -2.60. The molecule has 142 valence electrons. The molecule has 7 heteroatoms. The molecule has 0 fully saturated rings. The number of hydrogen-bond donors (Lipinski definition) is 2. The third-order valence-electron chi connectivity index (χ3n) is 3.94. The summed E-state index contributed by atoms with van der Waals surface area (Å²) in [6, 6.07) is 17.7. The predicted molar refractivity (Wildman–Crippen MR) is 118 cm³/mol. The Morgan fingerprint density at radius 2 is 1.71 bits per heavy atom. The minimum atomic E-state index is -0.0882.